The number of alkyl halides is 3. The number of hydrogen-bond acceptors (Lipinski definition) is 7. The van der Waals surface area contributed by atoms with E-state index in [2.05, 4.69) is 37.5 Å². The Morgan fingerprint density at radius 1 is 1.40 bits per heavy atom. The summed E-state index contributed by atoms with van der Waals surface area (Å²) in [6, 6.07) is 1.82. The van der Waals surface area contributed by atoms with Crippen molar-refractivity contribution in [3.8, 4) is 11.8 Å². The molecule has 2 atom stereocenters. The summed E-state index contributed by atoms with van der Waals surface area (Å²) in [6.07, 6.45) is -2.00. The number of hydrogen-bond donors (Lipinski definition) is 2. The number of esters is 1. The molecule has 2 aromatic heterocycles. The number of ether oxygens (including phenoxy) is 1. The molecule has 1 saturated heterocycles. The fourth-order valence-corrected chi connectivity index (χ4v) is 3.64. The van der Waals surface area contributed by atoms with Gasteiger partial charge in [-0.05, 0) is 19.8 Å². The summed E-state index contributed by atoms with van der Waals surface area (Å²) in [5.74, 6) is 5.38. The van der Waals surface area contributed by atoms with E-state index < -0.39 is 23.1 Å². The molecule has 3 aliphatic rings. The van der Waals surface area contributed by atoms with Crippen LogP contribution in [0.1, 0.15) is 37.1 Å². The van der Waals surface area contributed by atoms with E-state index in [0.29, 0.717) is 11.5 Å². The van der Waals surface area contributed by atoms with Crippen LogP contribution in [-0.2, 0) is 21.1 Å². The zero-order chi connectivity index (χ0) is 21.1. The maximum Gasteiger partial charge on any atom is 0.421 e. The van der Waals surface area contributed by atoms with E-state index in [-0.39, 0.29) is 36.9 Å². The van der Waals surface area contributed by atoms with Crippen molar-refractivity contribution in [1.82, 2.24) is 19.7 Å². The molecular formula is C19H17F3N6O2. The molecule has 3 heterocycles. The second-order valence-corrected chi connectivity index (χ2v) is 7.43. The second-order valence-electron chi connectivity index (χ2n) is 7.43. The van der Waals surface area contributed by atoms with Gasteiger partial charge >= 0.3 is 12.1 Å². The molecule has 2 N–H and O–H groups in total. The van der Waals surface area contributed by atoms with Gasteiger partial charge in [-0.1, -0.05) is 11.8 Å². The molecule has 0 spiro atoms. The Bertz CT molecular complexity index is 1100. The zero-order valence-electron chi connectivity index (χ0n) is 15.9. The Labute approximate surface area is 169 Å². The van der Waals surface area contributed by atoms with Gasteiger partial charge in [-0.2, -0.15) is 23.3 Å². The molecule has 30 heavy (non-hydrogen) atoms. The van der Waals surface area contributed by atoms with E-state index in [4.69, 9.17) is 4.74 Å². The van der Waals surface area contributed by atoms with Gasteiger partial charge in [-0.15, -0.1) is 0 Å². The lowest BCUT2D eigenvalue weighted by atomic mass is 9.69. The van der Waals surface area contributed by atoms with Crippen molar-refractivity contribution in [2.75, 3.05) is 23.8 Å². The highest BCUT2D eigenvalue weighted by Gasteiger charge is 2.58. The fourth-order valence-electron chi connectivity index (χ4n) is 3.64. The third-order valence-electron chi connectivity index (χ3n) is 5.38. The summed E-state index contributed by atoms with van der Waals surface area (Å²) in [5, 5.41) is 10.2. The minimum Gasteiger partial charge on any atom is -0.463 e. The molecule has 0 aromatic carbocycles. The maximum atomic E-state index is 13.2. The smallest absolute Gasteiger partial charge is 0.421 e. The monoisotopic (exact) mass is 418 g/mol. The Morgan fingerprint density at radius 2 is 2.20 bits per heavy atom. The van der Waals surface area contributed by atoms with Crippen molar-refractivity contribution in [3.63, 3.8) is 0 Å². The van der Waals surface area contributed by atoms with E-state index in [1.54, 1.807) is 17.7 Å². The number of halogens is 3. The lowest BCUT2D eigenvalue weighted by Crippen LogP contribution is -2.41. The number of carbonyl (C=O) groups is 1. The largest absolute Gasteiger partial charge is 0.463 e. The normalized spacial score (nSPS) is 24.4. The lowest BCUT2D eigenvalue weighted by Gasteiger charge is -2.25. The van der Waals surface area contributed by atoms with Crippen LogP contribution in [-0.4, -0.2) is 38.9 Å². The summed E-state index contributed by atoms with van der Waals surface area (Å²) in [5.41, 5.74) is -1.53. The average molecular weight is 418 g/mol. The predicted molar refractivity (Wildman–Crippen MR) is 98.9 cm³/mol. The molecule has 2 aliphatic carbocycles. The highest BCUT2D eigenvalue weighted by molar-refractivity contribution is 5.92. The van der Waals surface area contributed by atoms with Crippen molar-refractivity contribution in [2.24, 2.45) is 5.92 Å². The van der Waals surface area contributed by atoms with Crippen molar-refractivity contribution in [1.29, 1.82) is 0 Å². The van der Waals surface area contributed by atoms with Gasteiger partial charge in [-0.3, -0.25) is 0 Å². The summed E-state index contributed by atoms with van der Waals surface area (Å²) in [7, 11) is 0. The van der Waals surface area contributed by atoms with Gasteiger partial charge in [0.25, 0.3) is 0 Å². The van der Waals surface area contributed by atoms with Crippen molar-refractivity contribution >= 4 is 23.6 Å². The van der Waals surface area contributed by atoms with Crippen LogP contribution in [0.2, 0.25) is 0 Å². The predicted octanol–water partition coefficient (Wildman–Crippen LogP) is 2.63. The minimum atomic E-state index is -4.57. The topological polar surface area (TPSA) is 94.0 Å². The Hall–Kier alpha value is -3.29. The lowest BCUT2D eigenvalue weighted by molar-refractivity contribution is -0.141. The van der Waals surface area contributed by atoms with Crippen LogP contribution in [0.25, 0.3) is 0 Å². The van der Waals surface area contributed by atoms with E-state index in [9.17, 15) is 18.0 Å². The molecule has 0 radical (unpaired) electrons. The van der Waals surface area contributed by atoms with Crippen LogP contribution in [0.4, 0.5) is 30.8 Å². The first-order valence-corrected chi connectivity index (χ1v) is 9.58. The highest BCUT2D eigenvalue weighted by Crippen LogP contribution is 2.45. The highest BCUT2D eigenvalue weighted by atomic mass is 19.4. The molecule has 1 saturated carbocycles. The summed E-state index contributed by atoms with van der Waals surface area (Å²) >= 11 is 0. The summed E-state index contributed by atoms with van der Waals surface area (Å²) in [6.45, 7) is 2.19. The molecular weight excluding hydrogens is 401 g/mol. The Balaban J connectivity index is 1.50. The molecule has 0 amide bonds. The Morgan fingerprint density at radius 3 is 2.80 bits per heavy atom. The quantitative estimate of drug-likeness (QED) is 0.550. The zero-order valence-corrected chi connectivity index (χ0v) is 15.9. The maximum absolute atomic E-state index is 13.2. The third-order valence-corrected chi connectivity index (χ3v) is 5.38. The Kier molecular flexibility index (Phi) is 3.96. The fraction of sp³-hybridized carbons (Fsp3) is 0.474. The number of fused-ring (bicyclic) bond motifs is 1. The van der Waals surface area contributed by atoms with E-state index >= 15 is 0 Å². The van der Waals surface area contributed by atoms with E-state index in [1.807, 2.05) is 0 Å². The van der Waals surface area contributed by atoms with E-state index in [1.165, 1.54) is 0 Å². The molecule has 0 unspecified atom stereocenters. The SMILES string of the molecule is CCNc1nc(Nc2cc([C@]34C#C[C@H]3COC4=O)nn2C2CC2)ncc1C(F)(F)F. The summed E-state index contributed by atoms with van der Waals surface area (Å²) < 4.78 is 46.5. The van der Waals surface area contributed by atoms with Gasteiger partial charge in [0, 0.05) is 18.8 Å². The van der Waals surface area contributed by atoms with Crippen molar-refractivity contribution in [2.45, 2.75) is 37.4 Å². The van der Waals surface area contributed by atoms with E-state index in [0.717, 1.165) is 19.0 Å². The average Bonchev–Trinajstić information content (AvgIpc) is 3.38. The molecule has 2 aromatic rings. The van der Waals surface area contributed by atoms with Crippen molar-refractivity contribution in [3.05, 3.63) is 23.5 Å². The molecule has 8 nitrogen and oxygen atoms in total. The first-order valence-electron chi connectivity index (χ1n) is 9.58. The molecule has 0 bridgehead atoms. The number of nitrogens with one attached hydrogen (secondary N) is 2. The van der Waals surface area contributed by atoms with Gasteiger partial charge in [-0.25, -0.2) is 14.5 Å². The van der Waals surface area contributed by atoms with Crippen molar-refractivity contribution < 1.29 is 22.7 Å². The van der Waals surface area contributed by atoms with Gasteiger partial charge in [0.1, 0.15) is 23.8 Å². The molecule has 5 rings (SSSR count). The van der Waals surface area contributed by atoms with Gasteiger partial charge in [0.15, 0.2) is 5.41 Å². The number of nitrogens with zero attached hydrogens (tertiary/aromatic N) is 4. The molecule has 2 fully saturated rings. The molecule has 11 heteroatoms. The van der Waals surface area contributed by atoms with Crippen LogP contribution in [0.15, 0.2) is 12.3 Å². The van der Waals surface area contributed by atoms with Gasteiger partial charge < -0.3 is 15.4 Å². The first kappa shape index (κ1) is 18.7. The minimum absolute atomic E-state index is 0.00459. The molecule has 1 aliphatic heterocycles. The van der Waals surface area contributed by atoms with Crippen LogP contribution in [0.3, 0.4) is 0 Å². The standard InChI is InChI=1S/C19H17F3N6O2/c1-2-23-15-12(19(20,21)22)8-24-17(26-15)25-14-7-13(27-28(14)11-3-4-11)18-6-5-10(18)9-30-16(18)29/h7-8,10-11H,2-4,9H2,1H3,(H2,23,24,25,26)/t10-,18-/m0/s1. The van der Waals surface area contributed by atoms with Crippen LogP contribution < -0.4 is 10.6 Å². The van der Waals surface area contributed by atoms with Gasteiger partial charge in [0.05, 0.1) is 17.7 Å². The number of rotatable bonds is 6. The third kappa shape index (κ3) is 2.78. The number of anilines is 3. The number of carbonyl (C=O) groups excluding carboxylic acids is 1. The molecule has 156 valence electrons. The first-order chi connectivity index (χ1) is 14.3. The number of cyclic esters (lactones) is 1. The van der Waals surface area contributed by atoms with Gasteiger partial charge in [0.2, 0.25) is 5.95 Å². The van der Waals surface area contributed by atoms with Crippen LogP contribution in [0, 0.1) is 17.8 Å². The second kappa shape index (κ2) is 6.35. The summed E-state index contributed by atoms with van der Waals surface area (Å²) in [4.78, 5) is 20.2. The van der Waals surface area contributed by atoms with Crippen LogP contribution in [0.5, 0.6) is 0 Å². The number of aromatic nitrogens is 4. The van der Waals surface area contributed by atoms with Crippen LogP contribution >= 0.6 is 0 Å².